The molecule has 0 aromatic carbocycles. The van der Waals surface area contributed by atoms with E-state index in [2.05, 4.69) is 15.6 Å². The predicted molar refractivity (Wildman–Crippen MR) is 84.9 cm³/mol. The zero-order chi connectivity index (χ0) is 15.9. The third kappa shape index (κ3) is 4.56. The molecule has 22 heavy (non-hydrogen) atoms. The summed E-state index contributed by atoms with van der Waals surface area (Å²) < 4.78 is 4.96. The number of nitrogens with one attached hydrogen (secondary N) is 2. The number of carbonyl (C=O) groups excluding carboxylic acids is 2. The minimum Gasteiger partial charge on any atom is -0.481 e. The molecule has 0 radical (unpaired) electrons. The number of hydrogen-bond acceptors (Lipinski definition) is 5. The average molecular weight is 319 g/mol. The number of hydrogen-bond donors (Lipinski definition) is 2. The van der Waals surface area contributed by atoms with E-state index in [0.29, 0.717) is 11.6 Å². The van der Waals surface area contributed by atoms with E-state index in [1.807, 2.05) is 17.5 Å². The second kappa shape index (κ2) is 7.56. The number of nitrogens with zero attached hydrogens (tertiary/aromatic N) is 1. The van der Waals surface area contributed by atoms with Crippen LogP contribution in [0.2, 0.25) is 0 Å². The Bertz CT molecular complexity index is 626. The van der Waals surface area contributed by atoms with Crippen LogP contribution < -0.4 is 15.4 Å². The maximum absolute atomic E-state index is 12.1. The summed E-state index contributed by atoms with van der Waals surface area (Å²) in [4.78, 5) is 28.4. The van der Waals surface area contributed by atoms with Gasteiger partial charge >= 0.3 is 0 Å². The molecule has 0 spiro atoms. The summed E-state index contributed by atoms with van der Waals surface area (Å²) in [6.45, 7) is 1.44. The molecular formula is C15H17N3O3S. The number of aromatic nitrogens is 1. The molecule has 0 saturated heterocycles. The van der Waals surface area contributed by atoms with Crippen molar-refractivity contribution in [2.75, 3.05) is 12.4 Å². The maximum atomic E-state index is 12.1. The Morgan fingerprint density at radius 1 is 1.36 bits per heavy atom. The van der Waals surface area contributed by atoms with Crippen molar-refractivity contribution in [2.24, 2.45) is 0 Å². The van der Waals surface area contributed by atoms with Gasteiger partial charge in [0.2, 0.25) is 17.7 Å². The van der Waals surface area contributed by atoms with Gasteiger partial charge in [-0.25, -0.2) is 4.98 Å². The van der Waals surface area contributed by atoms with Crippen LogP contribution in [-0.4, -0.2) is 23.9 Å². The van der Waals surface area contributed by atoms with Crippen molar-refractivity contribution in [3.05, 3.63) is 40.7 Å². The quantitative estimate of drug-likeness (QED) is 0.856. The van der Waals surface area contributed by atoms with Gasteiger partial charge in [-0.05, 0) is 17.5 Å². The lowest BCUT2D eigenvalue weighted by Gasteiger charge is -2.16. The van der Waals surface area contributed by atoms with Crippen LogP contribution in [0, 0.1) is 0 Å². The summed E-state index contributed by atoms with van der Waals surface area (Å²) in [6, 6.07) is 6.83. The van der Waals surface area contributed by atoms with Crippen LogP contribution >= 0.6 is 11.3 Å². The molecule has 0 saturated carbocycles. The fourth-order valence-electron chi connectivity index (χ4n) is 1.93. The van der Waals surface area contributed by atoms with Gasteiger partial charge < -0.3 is 15.4 Å². The second-order valence-corrected chi connectivity index (χ2v) is 5.59. The fraction of sp³-hybridized carbons (Fsp3) is 0.267. The summed E-state index contributed by atoms with van der Waals surface area (Å²) in [5, 5.41) is 7.46. The molecule has 6 nitrogen and oxygen atoms in total. The minimum absolute atomic E-state index is 0.159. The van der Waals surface area contributed by atoms with Gasteiger partial charge in [-0.15, -0.1) is 11.3 Å². The van der Waals surface area contributed by atoms with Crippen LogP contribution in [0.3, 0.4) is 0 Å². The number of methoxy groups -OCH3 is 1. The monoisotopic (exact) mass is 319 g/mol. The predicted octanol–water partition coefficient (Wildman–Crippen LogP) is 2.36. The molecule has 1 atom stereocenters. The van der Waals surface area contributed by atoms with Crippen molar-refractivity contribution >= 4 is 28.8 Å². The molecule has 0 aliphatic carbocycles. The maximum Gasteiger partial charge on any atom is 0.226 e. The molecular weight excluding hydrogens is 302 g/mol. The van der Waals surface area contributed by atoms with Crippen LogP contribution in [0.4, 0.5) is 5.69 Å². The fourth-order valence-corrected chi connectivity index (χ4v) is 2.71. The van der Waals surface area contributed by atoms with Gasteiger partial charge in [0.25, 0.3) is 0 Å². The Labute approximate surface area is 132 Å². The molecule has 2 N–H and O–H groups in total. The lowest BCUT2D eigenvalue weighted by Crippen LogP contribution is -2.29. The van der Waals surface area contributed by atoms with Gasteiger partial charge in [0, 0.05) is 17.9 Å². The first kappa shape index (κ1) is 16.0. The summed E-state index contributed by atoms with van der Waals surface area (Å²) in [5.41, 5.74) is 0.582. The van der Waals surface area contributed by atoms with Crippen LogP contribution in [0.25, 0.3) is 0 Å². The number of carbonyl (C=O) groups is 2. The van der Waals surface area contributed by atoms with Gasteiger partial charge in [0.15, 0.2) is 0 Å². The van der Waals surface area contributed by atoms with Crippen LogP contribution in [0.5, 0.6) is 5.88 Å². The van der Waals surface area contributed by atoms with Gasteiger partial charge in [-0.3, -0.25) is 9.59 Å². The SMILES string of the molecule is COc1ccc(NC(=O)C[C@@H](NC(C)=O)c2cccs2)cn1. The summed E-state index contributed by atoms with van der Waals surface area (Å²) in [5.74, 6) is 0.115. The van der Waals surface area contributed by atoms with E-state index in [-0.39, 0.29) is 24.3 Å². The van der Waals surface area contributed by atoms with Crippen LogP contribution in [-0.2, 0) is 9.59 Å². The van der Waals surface area contributed by atoms with Crippen molar-refractivity contribution in [1.82, 2.24) is 10.3 Å². The van der Waals surface area contributed by atoms with E-state index < -0.39 is 0 Å². The van der Waals surface area contributed by atoms with Gasteiger partial charge in [-0.1, -0.05) is 6.07 Å². The summed E-state index contributed by atoms with van der Waals surface area (Å²) in [7, 11) is 1.53. The zero-order valence-corrected chi connectivity index (χ0v) is 13.1. The van der Waals surface area contributed by atoms with E-state index in [1.54, 1.807) is 12.1 Å². The average Bonchev–Trinajstić information content (AvgIpc) is 3.01. The molecule has 2 aromatic rings. The summed E-state index contributed by atoms with van der Waals surface area (Å²) >= 11 is 1.50. The normalized spacial score (nSPS) is 11.5. The number of rotatable bonds is 6. The molecule has 2 heterocycles. The van der Waals surface area contributed by atoms with Crippen molar-refractivity contribution in [3.63, 3.8) is 0 Å². The standard InChI is InChI=1S/C15H17N3O3S/c1-10(19)17-12(13-4-3-7-22-13)8-14(20)18-11-5-6-15(21-2)16-9-11/h3-7,9,12H,8H2,1-2H3,(H,17,19)(H,18,20)/t12-/m1/s1. The largest absolute Gasteiger partial charge is 0.481 e. The van der Waals surface area contributed by atoms with Crippen LogP contribution in [0.1, 0.15) is 24.3 Å². The van der Waals surface area contributed by atoms with E-state index in [1.165, 1.54) is 31.6 Å². The third-order valence-electron chi connectivity index (χ3n) is 2.88. The Balaban J connectivity index is 1.99. The minimum atomic E-state index is -0.330. The number of ether oxygens (including phenoxy) is 1. The molecule has 0 unspecified atom stereocenters. The Kier molecular flexibility index (Phi) is 5.48. The van der Waals surface area contributed by atoms with Gasteiger partial charge in [0.1, 0.15) is 0 Å². The first-order chi connectivity index (χ1) is 10.6. The van der Waals surface area contributed by atoms with Crippen molar-refractivity contribution in [1.29, 1.82) is 0 Å². The molecule has 2 amide bonds. The van der Waals surface area contributed by atoms with Crippen molar-refractivity contribution in [2.45, 2.75) is 19.4 Å². The highest BCUT2D eigenvalue weighted by Gasteiger charge is 2.18. The highest BCUT2D eigenvalue weighted by Crippen LogP contribution is 2.22. The topological polar surface area (TPSA) is 80.3 Å². The van der Waals surface area contributed by atoms with E-state index in [0.717, 1.165) is 4.88 Å². The van der Waals surface area contributed by atoms with Gasteiger partial charge in [0.05, 0.1) is 31.5 Å². The zero-order valence-electron chi connectivity index (χ0n) is 12.3. The molecule has 2 rings (SSSR count). The lowest BCUT2D eigenvalue weighted by molar-refractivity contribution is -0.120. The molecule has 7 heteroatoms. The molecule has 116 valence electrons. The number of pyridine rings is 1. The highest BCUT2D eigenvalue weighted by atomic mass is 32.1. The first-order valence-corrected chi connectivity index (χ1v) is 7.57. The number of thiophene rings is 1. The Hall–Kier alpha value is -2.41. The van der Waals surface area contributed by atoms with Crippen molar-refractivity contribution in [3.8, 4) is 5.88 Å². The summed E-state index contributed by atoms with van der Waals surface area (Å²) in [6.07, 6.45) is 1.68. The highest BCUT2D eigenvalue weighted by molar-refractivity contribution is 7.10. The van der Waals surface area contributed by atoms with E-state index in [9.17, 15) is 9.59 Å². The molecule has 0 bridgehead atoms. The molecule has 0 aliphatic rings. The third-order valence-corrected chi connectivity index (χ3v) is 3.87. The Morgan fingerprint density at radius 3 is 2.73 bits per heavy atom. The van der Waals surface area contributed by atoms with E-state index >= 15 is 0 Å². The molecule has 2 aromatic heterocycles. The van der Waals surface area contributed by atoms with Gasteiger partial charge in [-0.2, -0.15) is 0 Å². The first-order valence-electron chi connectivity index (χ1n) is 6.69. The van der Waals surface area contributed by atoms with E-state index in [4.69, 9.17) is 4.74 Å². The molecule has 0 aliphatic heterocycles. The number of anilines is 1. The number of amides is 2. The van der Waals surface area contributed by atoms with Crippen molar-refractivity contribution < 1.29 is 14.3 Å². The smallest absolute Gasteiger partial charge is 0.226 e. The second-order valence-electron chi connectivity index (χ2n) is 4.61. The lowest BCUT2D eigenvalue weighted by atomic mass is 10.1. The molecule has 0 fully saturated rings. The Morgan fingerprint density at radius 2 is 2.18 bits per heavy atom. The van der Waals surface area contributed by atoms with Crippen LogP contribution in [0.15, 0.2) is 35.8 Å².